The maximum absolute atomic E-state index is 5.84. The number of benzene rings is 1. The fourth-order valence-corrected chi connectivity index (χ4v) is 1.28. The summed E-state index contributed by atoms with van der Waals surface area (Å²) in [6.07, 6.45) is 5.19. The van der Waals surface area contributed by atoms with Crippen LogP contribution in [0.2, 0.25) is 0 Å². The van der Waals surface area contributed by atoms with Crippen LogP contribution in [-0.4, -0.2) is 0 Å². The van der Waals surface area contributed by atoms with E-state index >= 15 is 0 Å². The number of rotatable bonds is 5. The third-order valence-electron chi connectivity index (χ3n) is 2.29. The Hall–Kier alpha value is -1.44. The van der Waals surface area contributed by atoms with Crippen LogP contribution in [0.25, 0.3) is 0 Å². The van der Waals surface area contributed by atoms with Gasteiger partial charge in [0.2, 0.25) is 0 Å². The monoisotopic (exact) mass is 204 g/mol. The molecular formula is C13H20N2. The van der Waals surface area contributed by atoms with Gasteiger partial charge < -0.3 is 11.1 Å². The lowest BCUT2D eigenvalue weighted by Gasteiger charge is -2.03. The van der Waals surface area contributed by atoms with Crippen molar-refractivity contribution >= 4 is 5.69 Å². The van der Waals surface area contributed by atoms with E-state index in [2.05, 4.69) is 43.4 Å². The fraction of sp³-hybridized carbons (Fsp3) is 0.385. The first-order valence-electron chi connectivity index (χ1n) is 5.50. The summed E-state index contributed by atoms with van der Waals surface area (Å²) in [4.78, 5) is 0. The minimum absolute atomic E-state index is 0.914. The summed E-state index contributed by atoms with van der Waals surface area (Å²) in [6.45, 7) is 4.25. The molecule has 0 saturated heterocycles. The molecule has 2 nitrogen and oxygen atoms in total. The van der Waals surface area contributed by atoms with Crippen molar-refractivity contribution in [3.63, 3.8) is 0 Å². The molecule has 0 saturated carbocycles. The van der Waals surface area contributed by atoms with Crippen molar-refractivity contribution in [2.75, 3.05) is 5.32 Å². The zero-order valence-electron chi connectivity index (χ0n) is 9.59. The van der Waals surface area contributed by atoms with Gasteiger partial charge in [-0.2, -0.15) is 0 Å². The Morgan fingerprint density at radius 2 is 2.00 bits per heavy atom. The summed E-state index contributed by atoms with van der Waals surface area (Å²) in [7, 11) is 0. The third kappa shape index (κ3) is 4.54. The first kappa shape index (κ1) is 11.6. The Morgan fingerprint density at radius 1 is 1.33 bits per heavy atom. The van der Waals surface area contributed by atoms with Crippen LogP contribution in [0.4, 0.5) is 5.69 Å². The molecule has 1 aromatic carbocycles. The van der Waals surface area contributed by atoms with Gasteiger partial charge in [-0.3, -0.25) is 0 Å². The van der Waals surface area contributed by atoms with Gasteiger partial charge in [-0.1, -0.05) is 31.0 Å². The SMILES string of the molecule is CCCC/C(N)=C/Nc1ccc(C)cc1. The van der Waals surface area contributed by atoms with E-state index in [0.717, 1.165) is 24.2 Å². The van der Waals surface area contributed by atoms with E-state index in [4.69, 9.17) is 5.73 Å². The zero-order chi connectivity index (χ0) is 11.1. The first-order chi connectivity index (χ1) is 7.22. The highest BCUT2D eigenvalue weighted by Gasteiger charge is 1.91. The number of hydrogen-bond acceptors (Lipinski definition) is 2. The predicted molar refractivity (Wildman–Crippen MR) is 66.6 cm³/mol. The molecule has 0 aliphatic rings. The topological polar surface area (TPSA) is 38.0 Å². The minimum Gasteiger partial charge on any atom is -0.401 e. The fourth-order valence-electron chi connectivity index (χ4n) is 1.28. The quantitative estimate of drug-likeness (QED) is 0.771. The van der Waals surface area contributed by atoms with E-state index < -0.39 is 0 Å². The van der Waals surface area contributed by atoms with Crippen molar-refractivity contribution < 1.29 is 0 Å². The molecule has 3 N–H and O–H groups in total. The van der Waals surface area contributed by atoms with Gasteiger partial charge in [0.15, 0.2) is 0 Å². The smallest absolute Gasteiger partial charge is 0.0380 e. The van der Waals surface area contributed by atoms with Crippen LogP contribution >= 0.6 is 0 Å². The average Bonchev–Trinajstić information content (AvgIpc) is 2.25. The molecule has 2 heteroatoms. The maximum Gasteiger partial charge on any atom is 0.0380 e. The molecule has 0 amide bonds. The Kier molecular flexibility index (Phi) is 4.75. The number of aryl methyl sites for hydroxylation is 1. The van der Waals surface area contributed by atoms with E-state index in [0.29, 0.717) is 0 Å². The van der Waals surface area contributed by atoms with Crippen LogP contribution in [-0.2, 0) is 0 Å². The molecule has 0 aromatic heterocycles. The largest absolute Gasteiger partial charge is 0.401 e. The second-order valence-electron chi connectivity index (χ2n) is 3.83. The lowest BCUT2D eigenvalue weighted by molar-refractivity contribution is 0.780. The average molecular weight is 204 g/mol. The maximum atomic E-state index is 5.84. The highest BCUT2D eigenvalue weighted by molar-refractivity contribution is 5.46. The summed E-state index contributed by atoms with van der Waals surface area (Å²) >= 11 is 0. The highest BCUT2D eigenvalue weighted by Crippen LogP contribution is 2.09. The Balaban J connectivity index is 2.45. The van der Waals surface area contributed by atoms with Gasteiger partial charge in [-0.15, -0.1) is 0 Å². The van der Waals surface area contributed by atoms with Gasteiger partial charge in [0.25, 0.3) is 0 Å². The first-order valence-corrected chi connectivity index (χ1v) is 5.50. The zero-order valence-corrected chi connectivity index (χ0v) is 9.59. The van der Waals surface area contributed by atoms with Crippen molar-refractivity contribution in [3.05, 3.63) is 41.7 Å². The highest BCUT2D eigenvalue weighted by atomic mass is 14.9. The van der Waals surface area contributed by atoms with Crippen LogP contribution in [0.5, 0.6) is 0 Å². The minimum atomic E-state index is 0.914. The number of anilines is 1. The molecule has 0 fully saturated rings. The lowest BCUT2D eigenvalue weighted by atomic mass is 10.2. The third-order valence-corrected chi connectivity index (χ3v) is 2.29. The molecule has 15 heavy (non-hydrogen) atoms. The van der Waals surface area contributed by atoms with E-state index in [1.54, 1.807) is 0 Å². The van der Waals surface area contributed by atoms with Gasteiger partial charge in [-0.25, -0.2) is 0 Å². The summed E-state index contributed by atoms with van der Waals surface area (Å²) in [5.74, 6) is 0. The van der Waals surface area contributed by atoms with Crippen molar-refractivity contribution in [3.8, 4) is 0 Å². The second-order valence-corrected chi connectivity index (χ2v) is 3.83. The van der Waals surface area contributed by atoms with E-state index in [1.165, 1.54) is 12.0 Å². The molecule has 0 radical (unpaired) electrons. The molecule has 0 bridgehead atoms. The van der Waals surface area contributed by atoms with E-state index in [1.807, 2.05) is 6.20 Å². The summed E-state index contributed by atoms with van der Waals surface area (Å²) in [5.41, 5.74) is 9.10. The van der Waals surface area contributed by atoms with Gasteiger partial charge in [0, 0.05) is 17.6 Å². The van der Waals surface area contributed by atoms with E-state index in [9.17, 15) is 0 Å². The lowest BCUT2D eigenvalue weighted by Crippen LogP contribution is -2.00. The predicted octanol–water partition coefficient (Wildman–Crippen LogP) is 3.40. The molecule has 0 spiro atoms. The van der Waals surface area contributed by atoms with Crippen LogP contribution in [0.1, 0.15) is 31.7 Å². The van der Waals surface area contributed by atoms with Crippen LogP contribution in [0, 0.1) is 6.92 Å². The number of hydrogen-bond donors (Lipinski definition) is 2. The van der Waals surface area contributed by atoms with Crippen molar-refractivity contribution in [1.82, 2.24) is 0 Å². The van der Waals surface area contributed by atoms with Crippen molar-refractivity contribution in [2.24, 2.45) is 5.73 Å². The molecule has 0 unspecified atom stereocenters. The van der Waals surface area contributed by atoms with Gasteiger partial charge >= 0.3 is 0 Å². The summed E-state index contributed by atoms with van der Waals surface area (Å²) < 4.78 is 0. The number of nitrogens with one attached hydrogen (secondary N) is 1. The van der Waals surface area contributed by atoms with Crippen LogP contribution in [0.3, 0.4) is 0 Å². The van der Waals surface area contributed by atoms with Crippen LogP contribution in [0.15, 0.2) is 36.2 Å². The molecular weight excluding hydrogens is 184 g/mol. The number of unbranched alkanes of at least 4 members (excludes halogenated alkanes) is 1. The molecule has 0 atom stereocenters. The molecule has 0 heterocycles. The summed E-state index contributed by atoms with van der Waals surface area (Å²) in [6, 6.07) is 8.27. The Labute approximate surface area is 92.2 Å². The van der Waals surface area contributed by atoms with Gasteiger partial charge in [0.05, 0.1) is 0 Å². The molecule has 1 rings (SSSR count). The molecule has 0 aliphatic heterocycles. The molecule has 1 aromatic rings. The van der Waals surface area contributed by atoms with Gasteiger partial charge in [-0.05, 0) is 31.9 Å². The number of nitrogens with two attached hydrogens (primary N) is 1. The summed E-state index contributed by atoms with van der Waals surface area (Å²) in [5, 5.41) is 3.19. The second kappa shape index (κ2) is 6.12. The Bertz CT molecular complexity index is 312. The Morgan fingerprint density at radius 3 is 2.60 bits per heavy atom. The molecule has 0 aliphatic carbocycles. The van der Waals surface area contributed by atoms with Crippen LogP contribution < -0.4 is 11.1 Å². The standard InChI is InChI=1S/C13H20N2/c1-3-4-5-12(14)10-15-13-8-6-11(2)7-9-13/h6-10,15H,3-5,14H2,1-2H3/b12-10-. The number of allylic oxidation sites excluding steroid dienone is 1. The molecule has 82 valence electrons. The normalized spacial score (nSPS) is 11.5. The van der Waals surface area contributed by atoms with E-state index in [-0.39, 0.29) is 0 Å². The van der Waals surface area contributed by atoms with Crippen molar-refractivity contribution in [1.29, 1.82) is 0 Å². The van der Waals surface area contributed by atoms with Crippen molar-refractivity contribution in [2.45, 2.75) is 33.1 Å². The van der Waals surface area contributed by atoms with Gasteiger partial charge in [0.1, 0.15) is 0 Å².